The topological polar surface area (TPSA) is 38.2 Å². The average Bonchev–Trinajstić information content (AvgIpc) is 2.63. The number of ether oxygens (including phenoxy) is 1. The summed E-state index contributed by atoms with van der Waals surface area (Å²) >= 11 is 0. The number of halogens is 3. The van der Waals surface area contributed by atoms with Crippen LogP contribution in [-0.2, 0) is 6.18 Å². The van der Waals surface area contributed by atoms with Gasteiger partial charge in [0.25, 0.3) is 0 Å². The second-order valence-electron chi connectivity index (χ2n) is 6.75. The molecule has 27 heavy (non-hydrogen) atoms. The molecule has 0 atom stereocenters. The summed E-state index contributed by atoms with van der Waals surface area (Å²) in [6, 6.07) is 7.78. The highest BCUT2D eigenvalue weighted by atomic mass is 19.4. The van der Waals surface area contributed by atoms with Crippen LogP contribution in [0.5, 0.6) is 5.88 Å². The quantitative estimate of drug-likeness (QED) is 0.529. The van der Waals surface area contributed by atoms with E-state index in [1.807, 2.05) is 31.2 Å². The maximum Gasteiger partial charge on any atom is 0.423 e. The minimum atomic E-state index is -4.56. The second-order valence-corrected chi connectivity index (χ2v) is 6.75. The predicted octanol–water partition coefficient (Wildman–Crippen LogP) is 5.96. The van der Waals surface area contributed by atoms with Crippen molar-refractivity contribution in [1.29, 1.82) is 0 Å². The summed E-state index contributed by atoms with van der Waals surface area (Å²) in [4.78, 5) is 9.58. The minimum absolute atomic E-state index is 0.158. The minimum Gasteiger partial charge on any atom is -0.477 e. The molecule has 0 N–H and O–H groups in total. The number of hydrogen-bond donors (Lipinski definition) is 0. The zero-order valence-electron chi connectivity index (χ0n) is 16.2. The van der Waals surface area contributed by atoms with Gasteiger partial charge in [-0.25, -0.2) is 4.98 Å². The molecule has 4 nitrogen and oxygen atoms in total. The van der Waals surface area contributed by atoms with Crippen molar-refractivity contribution < 1.29 is 17.9 Å². The standard InChI is InChI=1S/C20H26F3N3O/c1-5-6-7-12-27-18-17(20(21,22)23)13-24-19(25-18)26(4)16-10-8-15(9-11-16)14(2)3/h8-11,13-14H,5-7,12H2,1-4H3. The van der Waals surface area contributed by atoms with Gasteiger partial charge in [0.15, 0.2) is 0 Å². The third-order valence-corrected chi connectivity index (χ3v) is 4.28. The summed E-state index contributed by atoms with van der Waals surface area (Å²) in [7, 11) is 1.72. The van der Waals surface area contributed by atoms with Crippen LogP contribution >= 0.6 is 0 Å². The molecule has 0 fully saturated rings. The summed E-state index contributed by atoms with van der Waals surface area (Å²) in [5.74, 6) is 0.134. The number of anilines is 2. The fourth-order valence-electron chi connectivity index (χ4n) is 2.54. The molecule has 2 rings (SSSR count). The van der Waals surface area contributed by atoms with Gasteiger partial charge in [0, 0.05) is 18.9 Å². The predicted molar refractivity (Wildman–Crippen MR) is 101 cm³/mol. The van der Waals surface area contributed by atoms with Crippen LogP contribution < -0.4 is 9.64 Å². The van der Waals surface area contributed by atoms with Crippen molar-refractivity contribution in [3.8, 4) is 5.88 Å². The molecule has 0 amide bonds. The van der Waals surface area contributed by atoms with E-state index < -0.39 is 17.6 Å². The zero-order valence-corrected chi connectivity index (χ0v) is 16.2. The first-order valence-corrected chi connectivity index (χ1v) is 9.14. The Hall–Kier alpha value is -2.31. The van der Waals surface area contributed by atoms with Crippen molar-refractivity contribution in [2.45, 2.75) is 52.1 Å². The van der Waals surface area contributed by atoms with E-state index in [2.05, 4.69) is 23.8 Å². The van der Waals surface area contributed by atoms with E-state index in [1.54, 1.807) is 11.9 Å². The maximum atomic E-state index is 13.2. The molecule has 148 valence electrons. The summed E-state index contributed by atoms with van der Waals surface area (Å²) in [6.45, 7) is 6.41. The van der Waals surface area contributed by atoms with E-state index in [-0.39, 0.29) is 12.6 Å². The number of benzene rings is 1. The Kier molecular flexibility index (Phi) is 7.05. The Morgan fingerprint density at radius 2 is 1.78 bits per heavy atom. The molecule has 1 aromatic heterocycles. The highest BCUT2D eigenvalue weighted by Crippen LogP contribution is 2.36. The molecule has 0 saturated heterocycles. The van der Waals surface area contributed by atoms with Crippen molar-refractivity contribution >= 4 is 11.6 Å². The van der Waals surface area contributed by atoms with E-state index in [9.17, 15) is 13.2 Å². The number of alkyl halides is 3. The third kappa shape index (κ3) is 5.58. The van der Waals surface area contributed by atoms with Gasteiger partial charge in [-0.3, -0.25) is 0 Å². The third-order valence-electron chi connectivity index (χ3n) is 4.28. The first kappa shape index (κ1) is 21.0. The van der Waals surface area contributed by atoms with Crippen LogP contribution in [0, 0.1) is 0 Å². The van der Waals surface area contributed by atoms with Crippen LogP contribution in [0.1, 0.15) is 57.1 Å². The Balaban J connectivity index is 2.27. The Morgan fingerprint density at radius 3 is 2.33 bits per heavy atom. The molecule has 1 aromatic carbocycles. The molecule has 0 bridgehead atoms. The normalized spacial score (nSPS) is 11.7. The summed E-state index contributed by atoms with van der Waals surface area (Å²) in [5.41, 5.74) is 1.02. The largest absolute Gasteiger partial charge is 0.477 e. The SMILES string of the molecule is CCCCCOc1nc(N(C)c2ccc(C(C)C)cc2)ncc1C(F)(F)F. The molecule has 0 aliphatic carbocycles. The number of rotatable bonds is 8. The smallest absolute Gasteiger partial charge is 0.423 e. The van der Waals surface area contributed by atoms with Gasteiger partial charge in [0.1, 0.15) is 5.56 Å². The van der Waals surface area contributed by atoms with Crippen LogP contribution in [0.15, 0.2) is 30.5 Å². The second kappa shape index (κ2) is 9.06. The molecule has 7 heteroatoms. The number of unbranched alkanes of at least 4 members (excludes halogenated alkanes) is 2. The molecular formula is C20H26F3N3O. The number of nitrogens with zero attached hydrogens (tertiary/aromatic N) is 3. The van der Waals surface area contributed by atoms with Gasteiger partial charge < -0.3 is 9.64 Å². The first-order valence-electron chi connectivity index (χ1n) is 9.14. The van der Waals surface area contributed by atoms with Crippen molar-refractivity contribution in [2.75, 3.05) is 18.6 Å². The molecule has 2 aromatic rings. The van der Waals surface area contributed by atoms with Crippen LogP contribution in [-0.4, -0.2) is 23.6 Å². The Morgan fingerprint density at radius 1 is 1.11 bits per heavy atom. The van der Waals surface area contributed by atoms with Crippen molar-refractivity contribution in [1.82, 2.24) is 9.97 Å². The monoisotopic (exact) mass is 381 g/mol. The lowest BCUT2D eigenvalue weighted by molar-refractivity contribution is -0.139. The van der Waals surface area contributed by atoms with E-state index in [0.717, 1.165) is 24.7 Å². The van der Waals surface area contributed by atoms with Crippen molar-refractivity contribution in [2.24, 2.45) is 0 Å². The van der Waals surface area contributed by atoms with E-state index >= 15 is 0 Å². The van der Waals surface area contributed by atoms with Crippen LogP contribution in [0.4, 0.5) is 24.8 Å². The van der Waals surface area contributed by atoms with Gasteiger partial charge >= 0.3 is 6.18 Å². The molecule has 0 saturated carbocycles. The summed E-state index contributed by atoms with van der Waals surface area (Å²) < 4.78 is 45.0. The van der Waals surface area contributed by atoms with Gasteiger partial charge in [-0.15, -0.1) is 0 Å². The molecule has 0 radical (unpaired) electrons. The van der Waals surface area contributed by atoms with E-state index in [4.69, 9.17) is 4.74 Å². The van der Waals surface area contributed by atoms with E-state index in [0.29, 0.717) is 12.3 Å². The van der Waals surface area contributed by atoms with Gasteiger partial charge in [-0.05, 0) is 30.0 Å². The van der Waals surface area contributed by atoms with Crippen molar-refractivity contribution in [3.05, 3.63) is 41.6 Å². The van der Waals surface area contributed by atoms with Crippen LogP contribution in [0.2, 0.25) is 0 Å². The number of aromatic nitrogens is 2. The molecule has 0 unspecified atom stereocenters. The van der Waals surface area contributed by atoms with Crippen molar-refractivity contribution in [3.63, 3.8) is 0 Å². The Labute approximate surface area is 158 Å². The number of hydrogen-bond acceptors (Lipinski definition) is 4. The zero-order chi connectivity index (χ0) is 20.0. The molecular weight excluding hydrogens is 355 g/mol. The average molecular weight is 381 g/mol. The fourth-order valence-corrected chi connectivity index (χ4v) is 2.54. The fraction of sp³-hybridized carbons (Fsp3) is 0.500. The van der Waals surface area contributed by atoms with Gasteiger partial charge in [0.05, 0.1) is 6.61 Å². The lowest BCUT2D eigenvalue weighted by Crippen LogP contribution is -2.17. The van der Waals surface area contributed by atoms with Gasteiger partial charge in [-0.2, -0.15) is 18.2 Å². The van der Waals surface area contributed by atoms with Crippen LogP contribution in [0.3, 0.4) is 0 Å². The first-order chi connectivity index (χ1) is 12.7. The maximum absolute atomic E-state index is 13.2. The lowest BCUT2D eigenvalue weighted by Gasteiger charge is -2.20. The molecule has 0 aliphatic rings. The highest BCUT2D eigenvalue weighted by molar-refractivity contribution is 5.57. The molecule has 1 heterocycles. The molecule has 0 spiro atoms. The summed E-state index contributed by atoms with van der Waals surface area (Å²) in [6.07, 6.45) is -1.24. The highest BCUT2D eigenvalue weighted by Gasteiger charge is 2.36. The van der Waals surface area contributed by atoms with Crippen LogP contribution in [0.25, 0.3) is 0 Å². The Bertz CT molecular complexity index is 730. The van der Waals surface area contributed by atoms with Gasteiger partial charge in [-0.1, -0.05) is 45.7 Å². The molecule has 0 aliphatic heterocycles. The van der Waals surface area contributed by atoms with E-state index in [1.165, 1.54) is 5.56 Å². The lowest BCUT2D eigenvalue weighted by atomic mass is 10.0. The summed E-state index contributed by atoms with van der Waals surface area (Å²) in [5, 5.41) is 0. The van der Waals surface area contributed by atoms with Gasteiger partial charge in [0.2, 0.25) is 11.8 Å².